The second-order valence-electron chi connectivity index (χ2n) is 5.05. The summed E-state index contributed by atoms with van der Waals surface area (Å²) < 4.78 is 26.2. The van der Waals surface area contributed by atoms with Crippen molar-refractivity contribution < 1.29 is 13.6 Å². The molecular weight excluding hydrogens is 286 g/mol. The van der Waals surface area contributed by atoms with Crippen LogP contribution < -0.4 is 5.32 Å². The molecule has 0 saturated carbocycles. The lowest BCUT2D eigenvalue weighted by molar-refractivity contribution is 0.0950. The summed E-state index contributed by atoms with van der Waals surface area (Å²) in [6.45, 7) is 0.395. The molecule has 0 aliphatic carbocycles. The van der Waals surface area contributed by atoms with E-state index in [0.29, 0.717) is 29.6 Å². The van der Waals surface area contributed by atoms with E-state index in [1.165, 1.54) is 24.3 Å². The minimum absolute atomic E-state index is 0.270. The molecule has 3 aromatic rings. The molecule has 0 spiro atoms. The molecule has 22 heavy (non-hydrogen) atoms. The number of benzene rings is 2. The van der Waals surface area contributed by atoms with E-state index in [-0.39, 0.29) is 17.5 Å². The minimum atomic E-state index is -0.343. The third-order valence-corrected chi connectivity index (χ3v) is 3.42. The highest BCUT2D eigenvalue weighted by Crippen LogP contribution is 2.16. The lowest BCUT2D eigenvalue weighted by atomic mass is 10.1. The Morgan fingerprint density at radius 2 is 1.86 bits per heavy atom. The number of hydrogen-bond donors (Lipinski definition) is 2. The standard InChI is InChI=1S/C17H14F2N2O/c18-13-3-1-2-11(8-13)6-7-20-17(22)16-10-12-9-14(19)4-5-15(12)21-16/h1-5,8-10,21H,6-7H2,(H,20,22). The highest BCUT2D eigenvalue weighted by molar-refractivity contribution is 5.97. The lowest BCUT2D eigenvalue weighted by Gasteiger charge is -2.04. The molecule has 0 atom stereocenters. The molecule has 0 fully saturated rings. The van der Waals surface area contributed by atoms with Gasteiger partial charge >= 0.3 is 0 Å². The molecule has 0 saturated heterocycles. The van der Waals surface area contributed by atoms with E-state index in [1.807, 2.05) is 0 Å². The average Bonchev–Trinajstić information content (AvgIpc) is 2.90. The van der Waals surface area contributed by atoms with E-state index < -0.39 is 0 Å². The fourth-order valence-corrected chi connectivity index (χ4v) is 2.33. The lowest BCUT2D eigenvalue weighted by Crippen LogP contribution is -2.25. The first kappa shape index (κ1) is 14.3. The van der Waals surface area contributed by atoms with Crippen molar-refractivity contribution in [2.24, 2.45) is 0 Å². The van der Waals surface area contributed by atoms with Crippen molar-refractivity contribution in [2.45, 2.75) is 6.42 Å². The van der Waals surface area contributed by atoms with Crippen LogP contribution in [0.3, 0.4) is 0 Å². The molecule has 0 radical (unpaired) electrons. The van der Waals surface area contributed by atoms with Crippen LogP contribution in [-0.4, -0.2) is 17.4 Å². The van der Waals surface area contributed by atoms with Gasteiger partial charge in [0.15, 0.2) is 0 Å². The van der Waals surface area contributed by atoms with Crippen LogP contribution >= 0.6 is 0 Å². The number of hydrogen-bond acceptors (Lipinski definition) is 1. The van der Waals surface area contributed by atoms with E-state index in [2.05, 4.69) is 10.3 Å². The second-order valence-corrected chi connectivity index (χ2v) is 5.05. The fourth-order valence-electron chi connectivity index (χ4n) is 2.33. The van der Waals surface area contributed by atoms with Crippen LogP contribution in [0.25, 0.3) is 10.9 Å². The predicted octanol–water partition coefficient (Wildman–Crippen LogP) is 3.42. The maximum Gasteiger partial charge on any atom is 0.267 e. The number of amides is 1. The number of aromatic amines is 1. The normalized spacial score (nSPS) is 10.8. The highest BCUT2D eigenvalue weighted by Gasteiger charge is 2.09. The van der Waals surface area contributed by atoms with Crippen molar-refractivity contribution >= 4 is 16.8 Å². The molecule has 3 rings (SSSR count). The molecule has 2 aromatic carbocycles. The van der Waals surface area contributed by atoms with Gasteiger partial charge in [-0.1, -0.05) is 12.1 Å². The molecule has 3 nitrogen and oxygen atoms in total. The van der Waals surface area contributed by atoms with Gasteiger partial charge in [-0.3, -0.25) is 4.79 Å². The summed E-state index contributed by atoms with van der Waals surface area (Å²) in [5.41, 5.74) is 1.90. The maximum absolute atomic E-state index is 13.1. The molecule has 0 unspecified atom stereocenters. The number of fused-ring (bicyclic) bond motifs is 1. The van der Waals surface area contributed by atoms with Crippen molar-refractivity contribution in [1.82, 2.24) is 10.3 Å². The first-order valence-corrected chi connectivity index (χ1v) is 6.93. The third-order valence-electron chi connectivity index (χ3n) is 3.42. The predicted molar refractivity (Wildman–Crippen MR) is 80.7 cm³/mol. The first-order chi connectivity index (χ1) is 10.6. The molecule has 1 heterocycles. The number of rotatable bonds is 4. The van der Waals surface area contributed by atoms with E-state index in [1.54, 1.807) is 24.3 Å². The Hall–Kier alpha value is -2.69. The van der Waals surface area contributed by atoms with Crippen molar-refractivity contribution in [1.29, 1.82) is 0 Å². The van der Waals surface area contributed by atoms with Gasteiger partial charge in [0.25, 0.3) is 5.91 Å². The van der Waals surface area contributed by atoms with Crippen LogP contribution in [0.4, 0.5) is 8.78 Å². The van der Waals surface area contributed by atoms with Crippen molar-refractivity contribution in [2.75, 3.05) is 6.54 Å². The second kappa shape index (κ2) is 5.97. The van der Waals surface area contributed by atoms with Gasteiger partial charge in [0, 0.05) is 17.4 Å². The molecule has 2 N–H and O–H groups in total. The largest absolute Gasteiger partial charge is 0.351 e. The summed E-state index contributed by atoms with van der Waals surface area (Å²) >= 11 is 0. The number of H-pyrrole nitrogens is 1. The van der Waals surface area contributed by atoms with Gasteiger partial charge in [-0.05, 0) is 48.4 Å². The van der Waals surface area contributed by atoms with Crippen LogP contribution in [0.1, 0.15) is 16.1 Å². The Labute approximate surface area is 126 Å². The number of nitrogens with one attached hydrogen (secondary N) is 2. The Morgan fingerprint density at radius 1 is 1.05 bits per heavy atom. The van der Waals surface area contributed by atoms with Gasteiger partial charge < -0.3 is 10.3 Å². The van der Waals surface area contributed by atoms with Crippen LogP contribution in [-0.2, 0) is 6.42 Å². The summed E-state index contributed by atoms with van der Waals surface area (Å²) in [4.78, 5) is 15.0. The van der Waals surface area contributed by atoms with Crippen molar-refractivity contribution in [3.63, 3.8) is 0 Å². The van der Waals surface area contributed by atoms with Crippen molar-refractivity contribution in [3.8, 4) is 0 Å². The Bertz CT molecular complexity index is 826. The zero-order valence-electron chi connectivity index (χ0n) is 11.7. The van der Waals surface area contributed by atoms with Crippen LogP contribution in [0, 0.1) is 11.6 Å². The number of aromatic nitrogens is 1. The number of carbonyl (C=O) groups is 1. The molecular formula is C17H14F2N2O. The Balaban J connectivity index is 1.63. The van der Waals surface area contributed by atoms with Gasteiger partial charge in [0.2, 0.25) is 0 Å². The third kappa shape index (κ3) is 3.14. The van der Waals surface area contributed by atoms with E-state index >= 15 is 0 Å². The van der Waals surface area contributed by atoms with Gasteiger partial charge in [-0.2, -0.15) is 0 Å². The van der Waals surface area contributed by atoms with Gasteiger partial charge in [0.05, 0.1) is 0 Å². The van der Waals surface area contributed by atoms with E-state index in [9.17, 15) is 13.6 Å². The van der Waals surface area contributed by atoms with Crippen LogP contribution in [0.5, 0.6) is 0 Å². The smallest absolute Gasteiger partial charge is 0.267 e. The van der Waals surface area contributed by atoms with Gasteiger partial charge in [-0.15, -0.1) is 0 Å². The topological polar surface area (TPSA) is 44.9 Å². The summed E-state index contributed by atoms with van der Waals surface area (Å²) in [7, 11) is 0. The zero-order chi connectivity index (χ0) is 15.5. The zero-order valence-corrected chi connectivity index (χ0v) is 11.7. The average molecular weight is 300 g/mol. The summed E-state index contributed by atoms with van der Waals surface area (Å²) in [5.74, 6) is -0.904. The maximum atomic E-state index is 13.1. The first-order valence-electron chi connectivity index (χ1n) is 6.93. The molecule has 1 amide bonds. The Kier molecular flexibility index (Phi) is 3.87. The quantitative estimate of drug-likeness (QED) is 0.762. The Morgan fingerprint density at radius 3 is 2.68 bits per heavy atom. The van der Waals surface area contributed by atoms with Crippen LogP contribution in [0.15, 0.2) is 48.5 Å². The van der Waals surface area contributed by atoms with Crippen LogP contribution in [0.2, 0.25) is 0 Å². The van der Waals surface area contributed by atoms with E-state index in [4.69, 9.17) is 0 Å². The number of halogens is 2. The summed E-state index contributed by atoms with van der Waals surface area (Å²) in [6, 6.07) is 12.2. The van der Waals surface area contributed by atoms with Gasteiger partial charge in [-0.25, -0.2) is 8.78 Å². The molecule has 5 heteroatoms. The van der Waals surface area contributed by atoms with Gasteiger partial charge in [0.1, 0.15) is 17.3 Å². The molecule has 1 aromatic heterocycles. The minimum Gasteiger partial charge on any atom is -0.351 e. The number of carbonyl (C=O) groups excluding carboxylic acids is 1. The van der Waals surface area contributed by atoms with E-state index in [0.717, 1.165) is 5.56 Å². The monoisotopic (exact) mass is 300 g/mol. The summed E-state index contributed by atoms with van der Waals surface area (Å²) in [6.07, 6.45) is 0.540. The summed E-state index contributed by atoms with van der Waals surface area (Å²) in [5, 5.41) is 3.40. The van der Waals surface area contributed by atoms with Crippen molar-refractivity contribution in [3.05, 3.63) is 71.4 Å². The SMILES string of the molecule is O=C(NCCc1cccc(F)c1)c1cc2cc(F)ccc2[nH]1. The molecule has 0 bridgehead atoms. The molecule has 0 aliphatic rings. The molecule has 0 aliphatic heterocycles. The molecule has 112 valence electrons. The fraction of sp³-hybridized carbons (Fsp3) is 0.118. The highest BCUT2D eigenvalue weighted by atomic mass is 19.1.